The average Bonchev–Trinajstić information content (AvgIpc) is 3.21. The number of amides is 1. The lowest BCUT2D eigenvalue weighted by molar-refractivity contribution is 0.0517. The quantitative estimate of drug-likeness (QED) is 0.546. The molecule has 3 aromatic rings. The molecular weight excluding hydrogens is 493 g/mol. The maximum atomic E-state index is 15.2. The minimum Gasteiger partial charge on any atom is -0.477 e. The minimum atomic E-state index is -1.59. The van der Waals surface area contributed by atoms with E-state index in [0.29, 0.717) is 19.2 Å². The van der Waals surface area contributed by atoms with E-state index >= 15 is 4.39 Å². The molecule has 194 valence electrons. The lowest BCUT2D eigenvalue weighted by Gasteiger charge is -2.24. The van der Waals surface area contributed by atoms with Crippen LogP contribution in [0.2, 0.25) is 0 Å². The van der Waals surface area contributed by atoms with Crippen LogP contribution in [-0.4, -0.2) is 51.5 Å². The van der Waals surface area contributed by atoms with Crippen molar-refractivity contribution >= 4 is 28.9 Å². The number of carbonyl (C=O) groups is 2. The predicted molar refractivity (Wildman–Crippen MR) is 127 cm³/mol. The number of carbonyl (C=O) groups excluding carboxylic acids is 1. The van der Waals surface area contributed by atoms with Crippen molar-refractivity contribution in [1.29, 1.82) is 0 Å². The fraction of sp³-hybridized carbons (Fsp3) is 0.360. The van der Waals surface area contributed by atoms with Gasteiger partial charge >= 0.3 is 12.1 Å². The van der Waals surface area contributed by atoms with Gasteiger partial charge in [-0.1, -0.05) is 0 Å². The molecule has 0 radical (unpaired) electrons. The standard InChI is InChI=1S/C25H23F3N4O5/c1-25(2,3)37-24(36)29-19-13-8-31(9-14(13)19)22-17(28)7-12-20(33)15(23(34)35)10-32(21(12)30-22)18-5-4-11(26)6-16(18)27/h4-7,10,13-14,19H,8-9H2,1-3H3,(H,29,36)(H,34,35). The van der Waals surface area contributed by atoms with Gasteiger partial charge in [0.1, 0.15) is 22.8 Å². The van der Waals surface area contributed by atoms with Crippen LogP contribution >= 0.6 is 0 Å². The van der Waals surface area contributed by atoms with E-state index in [-0.39, 0.29) is 40.4 Å². The molecule has 9 nitrogen and oxygen atoms in total. The maximum Gasteiger partial charge on any atom is 0.407 e. The second kappa shape index (κ2) is 8.49. The lowest BCUT2D eigenvalue weighted by Crippen LogP contribution is -2.38. The van der Waals surface area contributed by atoms with Gasteiger partial charge in [0.15, 0.2) is 17.3 Å². The van der Waals surface area contributed by atoms with Gasteiger partial charge in [0.05, 0.1) is 11.1 Å². The molecule has 0 spiro atoms. The minimum absolute atomic E-state index is 0.0375. The number of benzene rings is 1. The Kier molecular flexibility index (Phi) is 5.65. The Morgan fingerprint density at radius 1 is 1.11 bits per heavy atom. The zero-order valence-corrected chi connectivity index (χ0v) is 20.1. The number of anilines is 1. The molecule has 1 amide bonds. The number of fused-ring (bicyclic) bond motifs is 2. The highest BCUT2D eigenvalue weighted by molar-refractivity contribution is 5.92. The van der Waals surface area contributed by atoms with Crippen molar-refractivity contribution in [2.24, 2.45) is 11.8 Å². The van der Waals surface area contributed by atoms with E-state index in [2.05, 4.69) is 10.3 Å². The normalized spacial score (nSPS) is 20.6. The third-order valence-electron chi connectivity index (χ3n) is 6.49. The van der Waals surface area contributed by atoms with Crippen LogP contribution in [0, 0.1) is 29.3 Å². The number of halogens is 3. The van der Waals surface area contributed by atoms with Gasteiger partial charge < -0.3 is 20.1 Å². The number of ether oxygens (including phenoxy) is 1. The van der Waals surface area contributed by atoms with Gasteiger partial charge in [0, 0.05) is 43.2 Å². The molecule has 2 aliphatic rings. The van der Waals surface area contributed by atoms with E-state index < -0.39 is 46.1 Å². The molecule has 1 aromatic carbocycles. The van der Waals surface area contributed by atoms with E-state index in [0.717, 1.165) is 29.0 Å². The second-order valence-electron chi connectivity index (χ2n) is 10.2. The number of rotatable bonds is 4. The van der Waals surface area contributed by atoms with E-state index in [1.807, 2.05) is 0 Å². The molecule has 3 heterocycles. The molecule has 12 heteroatoms. The van der Waals surface area contributed by atoms with Gasteiger partial charge in [-0.25, -0.2) is 27.7 Å². The Morgan fingerprint density at radius 2 is 1.78 bits per heavy atom. The molecule has 2 N–H and O–H groups in total. The summed E-state index contributed by atoms with van der Waals surface area (Å²) < 4.78 is 49.6. The highest BCUT2D eigenvalue weighted by Gasteiger charge is 2.57. The van der Waals surface area contributed by atoms with E-state index in [1.54, 1.807) is 25.7 Å². The number of pyridine rings is 2. The fourth-order valence-corrected chi connectivity index (χ4v) is 4.81. The molecule has 37 heavy (non-hydrogen) atoms. The first-order chi connectivity index (χ1) is 17.3. The Labute approximate surface area is 208 Å². The first kappa shape index (κ1) is 24.6. The van der Waals surface area contributed by atoms with Crippen molar-refractivity contribution < 1.29 is 32.6 Å². The Hall–Kier alpha value is -4.09. The number of aromatic nitrogens is 2. The summed E-state index contributed by atoms with van der Waals surface area (Å²) in [5.74, 6) is -4.34. The van der Waals surface area contributed by atoms with Gasteiger partial charge in [-0.2, -0.15) is 0 Å². The number of nitrogens with one attached hydrogen (secondary N) is 1. The van der Waals surface area contributed by atoms with Crippen LogP contribution in [0.25, 0.3) is 16.7 Å². The van der Waals surface area contributed by atoms with Crippen LogP contribution in [0.3, 0.4) is 0 Å². The molecule has 5 rings (SSSR count). The SMILES string of the molecule is CC(C)(C)OC(=O)NC1C2CN(c3nc4c(cc3F)c(=O)c(C(=O)O)cn4-c3ccc(F)cc3F)CC21. The maximum absolute atomic E-state index is 15.2. The van der Waals surface area contributed by atoms with Crippen LogP contribution in [0.4, 0.5) is 23.8 Å². The highest BCUT2D eigenvalue weighted by atomic mass is 19.1. The van der Waals surface area contributed by atoms with Gasteiger partial charge in [0.2, 0.25) is 5.43 Å². The molecule has 2 aromatic heterocycles. The number of nitrogens with zero attached hydrogens (tertiary/aromatic N) is 3. The van der Waals surface area contributed by atoms with Gasteiger partial charge in [-0.15, -0.1) is 0 Å². The Balaban J connectivity index is 1.49. The van der Waals surface area contributed by atoms with Crippen molar-refractivity contribution in [3.05, 3.63) is 63.7 Å². The second-order valence-corrected chi connectivity index (χ2v) is 10.2. The summed E-state index contributed by atoms with van der Waals surface area (Å²) in [6, 6.07) is 3.40. The number of carboxylic acid groups (broad SMARTS) is 1. The van der Waals surface area contributed by atoms with Crippen LogP contribution in [-0.2, 0) is 4.74 Å². The highest BCUT2D eigenvalue weighted by Crippen LogP contribution is 2.47. The molecule has 0 bridgehead atoms. The molecule has 1 saturated carbocycles. The summed E-state index contributed by atoms with van der Waals surface area (Å²) in [5.41, 5.74) is -2.78. The van der Waals surface area contributed by atoms with Crippen LogP contribution in [0.15, 0.2) is 35.3 Å². The molecule has 2 atom stereocenters. The number of hydrogen-bond acceptors (Lipinski definition) is 6. The van der Waals surface area contributed by atoms with Crippen molar-refractivity contribution in [3.8, 4) is 5.69 Å². The number of aromatic carboxylic acids is 1. The third kappa shape index (κ3) is 4.47. The number of hydrogen-bond donors (Lipinski definition) is 2. The largest absolute Gasteiger partial charge is 0.477 e. The molecule has 1 aliphatic carbocycles. The molecule has 2 unspecified atom stereocenters. The lowest BCUT2D eigenvalue weighted by atomic mass is 10.1. The van der Waals surface area contributed by atoms with E-state index in [1.165, 1.54) is 0 Å². The Morgan fingerprint density at radius 3 is 2.38 bits per heavy atom. The summed E-state index contributed by atoms with van der Waals surface area (Å²) in [6.45, 7) is 6.00. The zero-order valence-electron chi connectivity index (χ0n) is 20.1. The summed E-state index contributed by atoms with van der Waals surface area (Å²) in [7, 11) is 0. The number of alkyl carbamates (subject to hydrolysis) is 1. The zero-order chi connectivity index (χ0) is 26.8. The summed E-state index contributed by atoms with van der Waals surface area (Å²) >= 11 is 0. The molecule has 1 aliphatic heterocycles. The van der Waals surface area contributed by atoms with Crippen molar-refractivity contribution in [1.82, 2.24) is 14.9 Å². The van der Waals surface area contributed by atoms with Crippen LogP contribution < -0.4 is 15.6 Å². The fourth-order valence-electron chi connectivity index (χ4n) is 4.81. The van der Waals surface area contributed by atoms with Crippen molar-refractivity contribution in [2.45, 2.75) is 32.4 Å². The predicted octanol–water partition coefficient (Wildman–Crippen LogP) is 3.46. The topological polar surface area (TPSA) is 114 Å². The van der Waals surface area contributed by atoms with Crippen molar-refractivity contribution in [2.75, 3.05) is 18.0 Å². The summed E-state index contributed by atoms with van der Waals surface area (Å²) in [5, 5.41) is 11.9. The number of carboxylic acids is 1. The van der Waals surface area contributed by atoms with Crippen LogP contribution in [0.1, 0.15) is 31.1 Å². The smallest absolute Gasteiger partial charge is 0.407 e. The first-order valence-electron chi connectivity index (χ1n) is 11.5. The third-order valence-corrected chi connectivity index (χ3v) is 6.49. The van der Waals surface area contributed by atoms with Gasteiger partial charge in [-0.3, -0.25) is 9.36 Å². The Bertz CT molecular complexity index is 1500. The van der Waals surface area contributed by atoms with E-state index in [4.69, 9.17) is 4.74 Å². The van der Waals surface area contributed by atoms with Gasteiger partial charge in [0.25, 0.3) is 0 Å². The first-order valence-corrected chi connectivity index (χ1v) is 11.5. The summed E-state index contributed by atoms with van der Waals surface area (Å²) in [6.07, 6.45) is 0.355. The molecule has 1 saturated heterocycles. The average molecular weight is 516 g/mol. The van der Waals surface area contributed by atoms with Crippen molar-refractivity contribution in [3.63, 3.8) is 0 Å². The van der Waals surface area contributed by atoms with Crippen LogP contribution in [0.5, 0.6) is 0 Å². The summed E-state index contributed by atoms with van der Waals surface area (Å²) in [4.78, 5) is 42.4. The molecule has 2 fully saturated rings. The van der Waals surface area contributed by atoms with E-state index in [9.17, 15) is 28.3 Å². The monoisotopic (exact) mass is 516 g/mol. The number of piperidine rings is 1. The van der Waals surface area contributed by atoms with Gasteiger partial charge in [-0.05, 0) is 39.0 Å². The molecular formula is C25H23F3N4O5.